The number of carbonyl (C=O) groups excluding carboxylic acids is 5. The van der Waals surface area contributed by atoms with Crippen molar-refractivity contribution in [3.05, 3.63) is 28.5 Å². The Balaban J connectivity index is 1.83. The van der Waals surface area contributed by atoms with Crippen molar-refractivity contribution in [3.63, 3.8) is 0 Å². The number of hydrogen-bond acceptors (Lipinski definition) is 5. The number of alkyl halides is 3. The first-order valence-electron chi connectivity index (χ1n) is 11.5. The van der Waals surface area contributed by atoms with Crippen molar-refractivity contribution >= 4 is 46.7 Å². The molecule has 0 spiro atoms. The maximum atomic E-state index is 14.6. The van der Waals surface area contributed by atoms with Crippen LogP contribution in [0.15, 0.2) is 12.1 Å². The number of halogens is 5. The molecule has 14 heteroatoms. The minimum absolute atomic E-state index is 0.164. The van der Waals surface area contributed by atoms with Crippen LogP contribution in [-0.2, 0) is 19.2 Å². The smallest absolute Gasteiger partial charge is 0.353 e. The lowest BCUT2D eigenvalue weighted by Crippen LogP contribution is -2.49. The molecule has 3 atom stereocenters. The highest BCUT2D eigenvalue weighted by molar-refractivity contribution is 6.38. The molecule has 0 bridgehead atoms. The Kier molecular flexibility index (Phi) is 8.77. The molecule has 2 aliphatic rings. The van der Waals surface area contributed by atoms with E-state index < -0.39 is 71.6 Å². The fourth-order valence-corrected chi connectivity index (χ4v) is 4.09. The zero-order valence-electron chi connectivity index (χ0n) is 19.6. The van der Waals surface area contributed by atoms with Gasteiger partial charge in [0, 0.05) is 29.4 Å². The average molecular weight is 549 g/mol. The summed E-state index contributed by atoms with van der Waals surface area (Å²) in [5.41, 5.74) is -1.31. The number of anilines is 1. The van der Waals surface area contributed by atoms with Crippen LogP contribution in [0, 0.1) is 11.7 Å². The van der Waals surface area contributed by atoms with Gasteiger partial charge < -0.3 is 21.3 Å². The fraction of sp³-hybridized carbons (Fsp3) is 0.522. The summed E-state index contributed by atoms with van der Waals surface area (Å²) < 4.78 is 52.0. The second kappa shape index (κ2) is 11.4. The van der Waals surface area contributed by atoms with E-state index in [4.69, 9.17) is 11.6 Å². The summed E-state index contributed by atoms with van der Waals surface area (Å²) in [5.74, 6) is -6.58. The lowest BCUT2D eigenvalue weighted by Gasteiger charge is -2.21. The number of hydrogen-bond donors (Lipinski definition) is 4. The van der Waals surface area contributed by atoms with Gasteiger partial charge in [-0.25, -0.2) is 4.39 Å². The van der Waals surface area contributed by atoms with Crippen LogP contribution in [0.2, 0.25) is 5.02 Å². The number of ketones is 1. The number of amides is 4. The zero-order valence-corrected chi connectivity index (χ0v) is 20.4. The Morgan fingerprint density at radius 3 is 2.43 bits per heavy atom. The topological polar surface area (TPSA) is 133 Å². The van der Waals surface area contributed by atoms with Gasteiger partial charge in [-0.05, 0) is 44.7 Å². The van der Waals surface area contributed by atoms with Gasteiger partial charge in [0.1, 0.15) is 5.82 Å². The molecule has 2 fully saturated rings. The Bertz CT molecular complexity index is 1110. The lowest BCUT2D eigenvalue weighted by atomic mass is 9.93. The van der Waals surface area contributed by atoms with Gasteiger partial charge in [-0.3, -0.25) is 24.0 Å². The van der Waals surface area contributed by atoms with Crippen LogP contribution < -0.4 is 21.3 Å². The molecule has 1 heterocycles. The van der Waals surface area contributed by atoms with Crippen LogP contribution in [0.25, 0.3) is 0 Å². The third kappa shape index (κ3) is 8.14. The Morgan fingerprint density at radius 1 is 1.19 bits per heavy atom. The third-order valence-corrected chi connectivity index (χ3v) is 6.09. The molecule has 1 aliphatic heterocycles. The van der Waals surface area contributed by atoms with Crippen molar-refractivity contribution in [2.75, 3.05) is 5.32 Å². The first kappa shape index (κ1) is 28.4. The minimum Gasteiger partial charge on any atom is -0.353 e. The highest BCUT2D eigenvalue weighted by Crippen LogP contribution is 2.28. The number of rotatable bonds is 10. The largest absolute Gasteiger partial charge is 0.389 e. The molecule has 9 nitrogen and oxygen atoms in total. The van der Waals surface area contributed by atoms with Crippen LogP contribution in [0.3, 0.4) is 0 Å². The normalized spacial score (nSPS) is 20.1. The highest BCUT2D eigenvalue weighted by Gasteiger charge is 2.38. The SMILES string of the molecule is C[C@@H]1C[C@@H](CC(NC(=O)c2cc(Cl)cc(F)c2NC(=O)CCC(F)(F)F)C(=O)C(=O)NC2CC2)C(=O)N1. The minimum atomic E-state index is -4.63. The monoisotopic (exact) mass is 548 g/mol. The first-order chi connectivity index (χ1) is 17.2. The fourth-order valence-electron chi connectivity index (χ4n) is 3.89. The molecule has 202 valence electrons. The first-order valence-corrected chi connectivity index (χ1v) is 11.9. The number of nitrogens with one attached hydrogen (secondary N) is 4. The van der Waals surface area contributed by atoms with Crippen molar-refractivity contribution in [1.82, 2.24) is 16.0 Å². The average Bonchev–Trinajstić information content (AvgIpc) is 3.54. The van der Waals surface area contributed by atoms with E-state index in [1.54, 1.807) is 6.92 Å². The molecule has 1 aliphatic carbocycles. The number of carbonyl (C=O) groups is 5. The molecule has 1 saturated heterocycles. The molecule has 1 unspecified atom stereocenters. The van der Waals surface area contributed by atoms with Crippen molar-refractivity contribution in [2.45, 2.75) is 69.8 Å². The summed E-state index contributed by atoms with van der Waals surface area (Å²) >= 11 is 5.84. The van der Waals surface area contributed by atoms with E-state index in [-0.39, 0.29) is 29.4 Å². The highest BCUT2D eigenvalue weighted by atomic mass is 35.5. The standard InChI is InChI=1S/C23H25ClF4N4O5/c1-10-6-11(20(35)29-10)7-16(19(34)22(37)30-13-2-3-13)31-21(36)14-8-12(24)9-15(25)18(14)32-17(33)4-5-23(26,27)28/h8-11,13,16H,2-7H2,1H3,(H,29,35)(H,30,37)(H,31,36)(H,32,33)/t10-,11+,16?/m1/s1. The van der Waals surface area contributed by atoms with E-state index in [1.165, 1.54) is 0 Å². The van der Waals surface area contributed by atoms with E-state index in [1.807, 2.05) is 5.32 Å². The molecule has 1 aromatic carbocycles. The maximum absolute atomic E-state index is 14.6. The predicted octanol–water partition coefficient (Wildman–Crippen LogP) is 2.62. The van der Waals surface area contributed by atoms with Gasteiger partial charge in [-0.15, -0.1) is 0 Å². The molecule has 0 radical (unpaired) electrons. The molecule has 1 aromatic rings. The Morgan fingerprint density at radius 2 is 1.86 bits per heavy atom. The molecule has 3 rings (SSSR count). The van der Waals surface area contributed by atoms with Gasteiger partial charge in [-0.1, -0.05) is 11.6 Å². The summed E-state index contributed by atoms with van der Waals surface area (Å²) in [7, 11) is 0. The summed E-state index contributed by atoms with van der Waals surface area (Å²) in [6.45, 7) is 1.75. The van der Waals surface area contributed by atoms with Gasteiger partial charge in [0.25, 0.3) is 11.8 Å². The van der Waals surface area contributed by atoms with Crippen LogP contribution in [0.1, 0.15) is 55.8 Å². The van der Waals surface area contributed by atoms with Crippen LogP contribution in [0.5, 0.6) is 0 Å². The molecular formula is C23H25ClF4N4O5. The second-order valence-corrected chi connectivity index (χ2v) is 9.63. The molecule has 37 heavy (non-hydrogen) atoms. The summed E-state index contributed by atoms with van der Waals surface area (Å²) in [6, 6.07) is -0.139. The number of Topliss-reactive ketones (excluding diaryl/α,β-unsaturated/α-hetero) is 1. The molecular weight excluding hydrogens is 524 g/mol. The summed E-state index contributed by atoms with van der Waals surface area (Å²) in [6.07, 6.45) is -5.62. The van der Waals surface area contributed by atoms with Crippen LogP contribution >= 0.6 is 11.6 Å². The third-order valence-electron chi connectivity index (χ3n) is 5.88. The number of benzene rings is 1. The lowest BCUT2D eigenvalue weighted by molar-refractivity contribution is -0.142. The van der Waals surface area contributed by atoms with Crippen LogP contribution in [0.4, 0.5) is 23.2 Å². The molecule has 4 amide bonds. The molecule has 0 aromatic heterocycles. The maximum Gasteiger partial charge on any atom is 0.389 e. The summed E-state index contributed by atoms with van der Waals surface area (Å²) in [5, 5.41) is 9.16. The zero-order chi connectivity index (χ0) is 27.5. The van der Waals surface area contributed by atoms with E-state index in [9.17, 15) is 41.5 Å². The van der Waals surface area contributed by atoms with Crippen molar-refractivity contribution in [3.8, 4) is 0 Å². The van der Waals surface area contributed by atoms with Crippen molar-refractivity contribution in [2.24, 2.45) is 5.92 Å². The van der Waals surface area contributed by atoms with E-state index in [0.29, 0.717) is 19.3 Å². The Hall–Kier alpha value is -3.22. The molecule has 1 saturated carbocycles. The molecule has 4 N–H and O–H groups in total. The van der Waals surface area contributed by atoms with E-state index >= 15 is 0 Å². The van der Waals surface area contributed by atoms with Crippen LogP contribution in [-0.4, -0.2) is 53.7 Å². The van der Waals surface area contributed by atoms with E-state index in [2.05, 4.69) is 16.0 Å². The quantitative estimate of drug-likeness (QED) is 0.263. The predicted molar refractivity (Wildman–Crippen MR) is 123 cm³/mol. The van der Waals surface area contributed by atoms with Crippen molar-refractivity contribution in [1.29, 1.82) is 0 Å². The van der Waals surface area contributed by atoms with Crippen molar-refractivity contribution < 1.29 is 41.5 Å². The Labute approximate surface area is 214 Å². The van der Waals surface area contributed by atoms with Gasteiger partial charge in [0.2, 0.25) is 17.6 Å². The van der Waals surface area contributed by atoms with Gasteiger partial charge in [0.05, 0.1) is 23.7 Å². The van der Waals surface area contributed by atoms with Gasteiger partial charge >= 0.3 is 6.18 Å². The van der Waals surface area contributed by atoms with Gasteiger partial charge in [-0.2, -0.15) is 13.2 Å². The second-order valence-electron chi connectivity index (χ2n) is 9.19. The summed E-state index contributed by atoms with van der Waals surface area (Å²) in [4.78, 5) is 62.6. The van der Waals surface area contributed by atoms with Gasteiger partial charge in [0.15, 0.2) is 0 Å². The van der Waals surface area contributed by atoms with E-state index in [0.717, 1.165) is 12.1 Å².